The van der Waals surface area contributed by atoms with Gasteiger partial charge < -0.3 is 9.88 Å². The second-order valence-electron chi connectivity index (χ2n) is 4.96. The number of rotatable bonds is 3. The number of carbonyl (C=O) groups is 1. The number of carbonyl (C=O) groups excluding carboxylic acids is 1. The molecule has 1 N–H and O–H groups in total. The predicted octanol–water partition coefficient (Wildman–Crippen LogP) is 3.42. The van der Waals surface area contributed by atoms with Gasteiger partial charge in [0.25, 0.3) is 0 Å². The number of likely N-dealkylation sites (tertiary alicyclic amines) is 1. The largest absolute Gasteiger partial charge is 0.347 e. The van der Waals surface area contributed by atoms with Crippen LogP contribution in [0.3, 0.4) is 0 Å². The third-order valence-corrected chi connectivity index (χ3v) is 4.84. The van der Waals surface area contributed by atoms with Crippen LogP contribution in [0.5, 0.6) is 0 Å². The minimum absolute atomic E-state index is 0.0849. The second-order valence-corrected chi connectivity index (χ2v) is 6.76. The first-order valence-electron chi connectivity index (χ1n) is 6.77. The van der Waals surface area contributed by atoms with Crippen molar-refractivity contribution in [1.29, 1.82) is 0 Å². The van der Waals surface area contributed by atoms with Crippen molar-refractivity contribution in [2.24, 2.45) is 0 Å². The van der Waals surface area contributed by atoms with Crippen molar-refractivity contribution in [2.75, 3.05) is 6.54 Å². The maximum absolute atomic E-state index is 12.5. The van der Waals surface area contributed by atoms with Crippen LogP contribution in [0.25, 0.3) is 0 Å². The molecule has 6 heteroatoms. The van der Waals surface area contributed by atoms with Gasteiger partial charge in [0, 0.05) is 23.8 Å². The molecule has 2 aromatic rings. The first-order valence-corrected chi connectivity index (χ1v) is 7.96. The molecule has 0 bridgehead atoms. The maximum atomic E-state index is 12.5. The number of aromatic amines is 1. The lowest BCUT2D eigenvalue weighted by Crippen LogP contribution is -2.39. The summed E-state index contributed by atoms with van der Waals surface area (Å²) in [7, 11) is 0. The summed E-state index contributed by atoms with van der Waals surface area (Å²) < 4.78 is 0.731. The fraction of sp³-hybridized carbons (Fsp3) is 0.429. The molecule has 1 fully saturated rings. The molecule has 0 spiro atoms. The van der Waals surface area contributed by atoms with Gasteiger partial charge in [-0.05, 0) is 31.4 Å². The Morgan fingerprint density at radius 1 is 1.50 bits per heavy atom. The van der Waals surface area contributed by atoms with E-state index in [2.05, 4.69) is 9.97 Å². The number of piperidine rings is 1. The molecule has 1 saturated heterocycles. The van der Waals surface area contributed by atoms with Crippen LogP contribution in [-0.4, -0.2) is 27.3 Å². The molecule has 2 aromatic heterocycles. The normalized spacial score (nSPS) is 19.2. The van der Waals surface area contributed by atoms with E-state index in [1.807, 2.05) is 23.2 Å². The average Bonchev–Trinajstić information content (AvgIpc) is 3.10. The Morgan fingerprint density at radius 3 is 3.10 bits per heavy atom. The van der Waals surface area contributed by atoms with Crippen molar-refractivity contribution in [3.8, 4) is 0 Å². The molecule has 0 unspecified atom stereocenters. The van der Waals surface area contributed by atoms with Crippen LogP contribution in [0.1, 0.15) is 36.0 Å². The average molecular weight is 310 g/mol. The third-order valence-electron chi connectivity index (χ3n) is 3.61. The van der Waals surface area contributed by atoms with Gasteiger partial charge in [-0.15, -0.1) is 11.3 Å². The molecule has 1 atom stereocenters. The van der Waals surface area contributed by atoms with Crippen molar-refractivity contribution in [2.45, 2.75) is 31.7 Å². The monoisotopic (exact) mass is 309 g/mol. The van der Waals surface area contributed by atoms with Crippen LogP contribution in [0.15, 0.2) is 24.5 Å². The SMILES string of the molecule is O=C(Cc1ccc(Cl)s1)N1CCCC[C@@H]1c1ncc[nH]1. The first-order chi connectivity index (χ1) is 9.74. The van der Waals surface area contributed by atoms with Crippen molar-refractivity contribution in [3.05, 3.63) is 39.6 Å². The number of H-pyrrole nitrogens is 1. The fourth-order valence-corrected chi connectivity index (χ4v) is 3.75. The molecule has 0 aliphatic carbocycles. The van der Waals surface area contributed by atoms with Crippen molar-refractivity contribution >= 4 is 28.8 Å². The lowest BCUT2D eigenvalue weighted by atomic mass is 10.0. The number of hydrogen-bond donors (Lipinski definition) is 1. The van der Waals surface area contributed by atoms with Crippen LogP contribution in [0.2, 0.25) is 4.34 Å². The Balaban J connectivity index is 1.74. The number of thiophene rings is 1. The lowest BCUT2D eigenvalue weighted by Gasteiger charge is -2.34. The topological polar surface area (TPSA) is 49.0 Å². The van der Waals surface area contributed by atoms with Gasteiger partial charge in [-0.2, -0.15) is 0 Å². The zero-order chi connectivity index (χ0) is 13.9. The quantitative estimate of drug-likeness (QED) is 0.944. The zero-order valence-corrected chi connectivity index (χ0v) is 12.6. The highest BCUT2D eigenvalue weighted by Crippen LogP contribution is 2.30. The molecule has 1 aliphatic rings. The molecule has 106 valence electrons. The molecular formula is C14H16ClN3OS. The Kier molecular flexibility index (Phi) is 4.08. The van der Waals surface area contributed by atoms with Gasteiger partial charge in [-0.25, -0.2) is 4.98 Å². The smallest absolute Gasteiger partial charge is 0.228 e. The minimum atomic E-state index is 0.0849. The van der Waals surface area contributed by atoms with Crippen LogP contribution in [-0.2, 0) is 11.2 Å². The van der Waals surface area contributed by atoms with E-state index < -0.39 is 0 Å². The van der Waals surface area contributed by atoms with E-state index in [0.29, 0.717) is 6.42 Å². The van der Waals surface area contributed by atoms with Crippen LogP contribution in [0, 0.1) is 0 Å². The number of imidazole rings is 1. The van der Waals surface area contributed by atoms with E-state index in [1.165, 1.54) is 11.3 Å². The molecule has 3 rings (SSSR count). The molecule has 4 nitrogen and oxygen atoms in total. The number of hydrogen-bond acceptors (Lipinski definition) is 3. The molecule has 1 amide bonds. The van der Waals surface area contributed by atoms with E-state index in [0.717, 1.165) is 40.8 Å². The minimum Gasteiger partial charge on any atom is -0.347 e. The molecule has 0 radical (unpaired) electrons. The summed E-state index contributed by atoms with van der Waals surface area (Å²) in [6, 6.07) is 3.85. The standard InChI is InChI=1S/C14H16ClN3OS/c15-12-5-4-10(20-12)9-13(19)18-8-2-1-3-11(18)14-16-6-7-17-14/h4-7,11H,1-3,8-9H2,(H,16,17)/t11-/m1/s1. The molecular weight excluding hydrogens is 294 g/mol. The molecule has 0 aromatic carbocycles. The first kappa shape index (κ1) is 13.6. The van der Waals surface area contributed by atoms with Gasteiger partial charge in [0.1, 0.15) is 5.82 Å². The van der Waals surface area contributed by atoms with Crippen molar-refractivity contribution in [3.63, 3.8) is 0 Å². The Hall–Kier alpha value is -1.33. The molecule has 0 saturated carbocycles. The van der Waals surface area contributed by atoms with Crippen LogP contribution >= 0.6 is 22.9 Å². The van der Waals surface area contributed by atoms with E-state index in [1.54, 1.807) is 6.20 Å². The lowest BCUT2D eigenvalue weighted by molar-refractivity contribution is -0.134. The highest BCUT2D eigenvalue weighted by molar-refractivity contribution is 7.16. The number of nitrogens with one attached hydrogen (secondary N) is 1. The van der Waals surface area contributed by atoms with Gasteiger partial charge >= 0.3 is 0 Å². The van der Waals surface area contributed by atoms with Gasteiger partial charge in [0.05, 0.1) is 16.8 Å². The summed E-state index contributed by atoms with van der Waals surface area (Å²) >= 11 is 7.39. The summed E-state index contributed by atoms with van der Waals surface area (Å²) in [5, 5.41) is 0. The van der Waals surface area contributed by atoms with Crippen molar-refractivity contribution < 1.29 is 4.79 Å². The maximum Gasteiger partial charge on any atom is 0.228 e. The molecule has 3 heterocycles. The van der Waals surface area contributed by atoms with E-state index in [9.17, 15) is 4.79 Å². The number of nitrogens with zero attached hydrogens (tertiary/aromatic N) is 2. The van der Waals surface area contributed by atoms with Crippen LogP contribution < -0.4 is 0 Å². The van der Waals surface area contributed by atoms with Gasteiger partial charge in [0.15, 0.2) is 0 Å². The summed E-state index contributed by atoms with van der Waals surface area (Å²) in [6.07, 6.45) is 7.16. The highest BCUT2D eigenvalue weighted by Gasteiger charge is 2.29. The van der Waals surface area contributed by atoms with E-state index >= 15 is 0 Å². The van der Waals surface area contributed by atoms with Crippen LogP contribution in [0.4, 0.5) is 0 Å². The Labute approximate surface area is 126 Å². The number of halogens is 1. The fourth-order valence-electron chi connectivity index (χ4n) is 2.67. The summed E-state index contributed by atoms with van der Waals surface area (Å²) in [4.78, 5) is 23.0. The van der Waals surface area contributed by atoms with Gasteiger partial charge in [-0.1, -0.05) is 11.6 Å². The summed E-state index contributed by atoms with van der Waals surface area (Å²) in [5.41, 5.74) is 0. The van der Waals surface area contributed by atoms with Gasteiger partial charge in [0.2, 0.25) is 5.91 Å². The Bertz CT molecular complexity index is 581. The van der Waals surface area contributed by atoms with Gasteiger partial charge in [-0.3, -0.25) is 4.79 Å². The predicted molar refractivity (Wildman–Crippen MR) is 79.9 cm³/mol. The second kappa shape index (κ2) is 5.97. The molecule has 1 aliphatic heterocycles. The number of aromatic nitrogens is 2. The summed E-state index contributed by atoms with van der Waals surface area (Å²) in [6.45, 7) is 0.809. The summed E-state index contributed by atoms with van der Waals surface area (Å²) in [5.74, 6) is 1.05. The molecule has 20 heavy (non-hydrogen) atoms. The Morgan fingerprint density at radius 2 is 2.40 bits per heavy atom. The third kappa shape index (κ3) is 2.88. The highest BCUT2D eigenvalue weighted by atomic mass is 35.5. The van der Waals surface area contributed by atoms with E-state index in [-0.39, 0.29) is 11.9 Å². The van der Waals surface area contributed by atoms with E-state index in [4.69, 9.17) is 11.6 Å². The number of amides is 1. The zero-order valence-electron chi connectivity index (χ0n) is 11.0. The van der Waals surface area contributed by atoms with Crippen molar-refractivity contribution in [1.82, 2.24) is 14.9 Å².